The maximum Gasteiger partial charge on any atom is 0.128 e. The molecule has 18 heavy (non-hydrogen) atoms. The van der Waals surface area contributed by atoms with E-state index < -0.39 is 0 Å². The standard InChI is InChI=1S/C15H21NO2/c1-15(2,16)13-11-6-4-7-17-12(11)9-10-5-3-8-18-14(10)13/h9H,3-8,16H2,1-2H3. The Bertz CT molecular complexity index is 440. The van der Waals surface area contributed by atoms with Crippen LogP contribution in [0.1, 0.15) is 43.4 Å². The third-order valence-corrected chi connectivity index (χ3v) is 3.73. The van der Waals surface area contributed by atoms with Crippen molar-refractivity contribution < 1.29 is 9.47 Å². The molecule has 2 aliphatic heterocycles. The Labute approximate surface area is 108 Å². The van der Waals surface area contributed by atoms with E-state index in [1.165, 1.54) is 11.1 Å². The highest BCUT2D eigenvalue weighted by Crippen LogP contribution is 2.43. The van der Waals surface area contributed by atoms with Gasteiger partial charge in [-0.2, -0.15) is 0 Å². The van der Waals surface area contributed by atoms with Crippen molar-refractivity contribution in [3.8, 4) is 11.5 Å². The molecule has 2 aliphatic rings. The zero-order chi connectivity index (χ0) is 12.8. The highest BCUT2D eigenvalue weighted by Gasteiger charge is 2.31. The third-order valence-electron chi connectivity index (χ3n) is 3.73. The summed E-state index contributed by atoms with van der Waals surface area (Å²) in [4.78, 5) is 0. The molecule has 0 fully saturated rings. The number of aryl methyl sites for hydroxylation is 1. The monoisotopic (exact) mass is 247 g/mol. The fraction of sp³-hybridized carbons (Fsp3) is 0.600. The van der Waals surface area contributed by atoms with Gasteiger partial charge in [0.15, 0.2) is 0 Å². The van der Waals surface area contributed by atoms with Gasteiger partial charge in [-0.05, 0) is 51.2 Å². The number of rotatable bonds is 1. The fourth-order valence-electron chi connectivity index (χ4n) is 3.01. The van der Waals surface area contributed by atoms with Gasteiger partial charge in [-0.25, -0.2) is 0 Å². The Balaban J connectivity index is 2.24. The van der Waals surface area contributed by atoms with Gasteiger partial charge in [-0.15, -0.1) is 0 Å². The first-order valence-electron chi connectivity index (χ1n) is 6.81. The summed E-state index contributed by atoms with van der Waals surface area (Å²) in [6.45, 7) is 5.72. The van der Waals surface area contributed by atoms with Crippen LogP contribution in [0.3, 0.4) is 0 Å². The van der Waals surface area contributed by atoms with Gasteiger partial charge in [0.2, 0.25) is 0 Å². The zero-order valence-electron chi connectivity index (χ0n) is 11.2. The first kappa shape index (κ1) is 11.8. The maximum absolute atomic E-state index is 6.37. The second-order valence-corrected chi connectivity index (χ2v) is 5.84. The van der Waals surface area contributed by atoms with Crippen LogP contribution < -0.4 is 15.2 Å². The predicted octanol–water partition coefficient (Wildman–Crippen LogP) is 2.53. The highest BCUT2D eigenvalue weighted by molar-refractivity contribution is 5.57. The number of hydrogen-bond donors (Lipinski definition) is 1. The van der Waals surface area contributed by atoms with Crippen LogP contribution in [0, 0.1) is 0 Å². The number of hydrogen-bond acceptors (Lipinski definition) is 3. The number of benzene rings is 1. The van der Waals surface area contributed by atoms with E-state index in [-0.39, 0.29) is 5.54 Å². The summed E-state index contributed by atoms with van der Waals surface area (Å²) in [5.41, 5.74) is 9.67. The number of ether oxygens (including phenoxy) is 2. The van der Waals surface area contributed by atoms with Gasteiger partial charge in [-0.3, -0.25) is 0 Å². The van der Waals surface area contributed by atoms with Crippen molar-refractivity contribution in [2.75, 3.05) is 13.2 Å². The van der Waals surface area contributed by atoms with E-state index in [1.54, 1.807) is 0 Å². The molecule has 0 atom stereocenters. The van der Waals surface area contributed by atoms with Crippen LogP contribution >= 0.6 is 0 Å². The molecule has 1 aromatic rings. The van der Waals surface area contributed by atoms with Crippen molar-refractivity contribution in [3.05, 3.63) is 22.8 Å². The van der Waals surface area contributed by atoms with Crippen molar-refractivity contribution in [2.24, 2.45) is 5.73 Å². The molecule has 0 aromatic heterocycles. The summed E-state index contributed by atoms with van der Waals surface area (Å²) in [6, 6.07) is 2.16. The van der Waals surface area contributed by atoms with E-state index in [9.17, 15) is 0 Å². The molecule has 0 amide bonds. The molecule has 98 valence electrons. The minimum atomic E-state index is -0.381. The van der Waals surface area contributed by atoms with Crippen LogP contribution in [0.4, 0.5) is 0 Å². The van der Waals surface area contributed by atoms with Gasteiger partial charge in [0, 0.05) is 16.7 Å². The van der Waals surface area contributed by atoms with Crippen LogP contribution in [0.15, 0.2) is 6.07 Å². The molecule has 0 unspecified atom stereocenters. The van der Waals surface area contributed by atoms with Crippen molar-refractivity contribution in [3.63, 3.8) is 0 Å². The van der Waals surface area contributed by atoms with Crippen LogP contribution in [-0.4, -0.2) is 13.2 Å². The zero-order valence-corrected chi connectivity index (χ0v) is 11.2. The Morgan fingerprint density at radius 3 is 2.61 bits per heavy atom. The van der Waals surface area contributed by atoms with E-state index in [4.69, 9.17) is 15.2 Å². The van der Waals surface area contributed by atoms with E-state index >= 15 is 0 Å². The van der Waals surface area contributed by atoms with Crippen LogP contribution in [-0.2, 0) is 18.4 Å². The Morgan fingerprint density at radius 1 is 1.11 bits per heavy atom. The van der Waals surface area contributed by atoms with E-state index in [0.29, 0.717) is 0 Å². The molecule has 0 spiro atoms. The summed E-state index contributed by atoms with van der Waals surface area (Å²) in [6.07, 6.45) is 4.25. The lowest BCUT2D eigenvalue weighted by atomic mass is 9.84. The maximum atomic E-state index is 6.37. The molecule has 3 heteroatoms. The SMILES string of the molecule is CC(C)(N)c1c2c(cc3c1OCCC3)OCCC2. The van der Waals surface area contributed by atoms with Gasteiger partial charge < -0.3 is 15.2 Å². The normalized spacial score (nSPS) is 18.4. The van der Waals surface area contributed by atoms with E-state index in [2.05, 4.69) is 19.9 Å². The summed E-state index contributed by atoms with van der Waals surface area (Å²) in [5.74, 6) is 2.05. The molecule has 3 rings (SSSR count). The molecule has 0 bridgehead atoms. The lowest BCUT2D eigenvalue weighted by Gasteiger charge is -2.33. The summed E-state index contributed by atoms with van der Waals surface area (Å²) >= 11 is 0. The predicted molar refractivity (Wildman–Crippen MR) is 71.3 cm³/mol. The average molecular weight is 247 g/mol. The van der Waals surface area contributed by atoms with Crippen LogP contribution in [0.5, 0.6) is 11.5 Å². The topological polar surface area (TPSA) is 44.5 Å². The molecule has 0 saturated heterocycles. The van der Waals surface area contributed by atoms with Crippen LogP contribution in [0.2, 0.25) is 0 Å². The Morgan fingerprint density at radius 2 is 1.83 bits per heavy atom. The smallest absolute Gasteiger partial charge is 0.128 e. The lowest BCUT2D eigenvalue weighted by Crippen LogP contribution is -2.33. The van der Waals surface area contributed by atoms with Gasteiger partial charge >= 0.3 is 0 Å². The minimum Gasteiger partial charge on any atom is -0.493 e. The van der Waals surface area contributed by atoms with E-state index in [0.717, 1.165) is 56.0 Å². The molecule has 0 aliphatic carbocycles. The fourth-order valence-corrected chi connectivity index (χ4v) is 3.01. The summed E-state index contributed by atoms with van der Waals surface area (Å²) in [7, 11) is 0. The second-order valence-electron chi connectivity index (χ2n) is 5.84. The largest absolute Gasteiger partial charge is 0.493 e. The molecule has 3 nitrogen and oxygen atoms in total. The molecular weight excluding hydrogens is 226 g/mol. The van der Waals surface area contributed by atoms with Crippen molar-refractivity contribution in [1.29, 1.82) is 0 Å². The molecule has 2 heterocycles. The molecule has 0 saturated carbocycles. The first-order chi connectivity index (χ1) is 8.57. The minimum absolute atomic E-state index is 0.381. The molecule has 2 N–H and O–H groups in total. The second kappa shape index (κ2) is 4.16. The van der Waals surface area contributed by atoms with E-state index in [1.807, 2.05) is 0 Å². The van der Waals surface area contributed by atoms with Gasteiger partial charge in [0.05, 0.1) is 13.2 Å². The first-order valence-corrected chi connectivity index (χ1v) is 6.81. The summed E-state index contributed by atoms with van der Waals surface area (Å²) < 4.78 is 11.7. The quantitative estimate of drug-likeness (QED) is 0.829. The van der Waals surface area contributed by atoms with Crippen molar-refractivity contribution in [1.82, 2.24) is 0 Å². The van der Waals surface area contributed by atoms with Gasteiger partial charge in [0.1, 0.15) is 11.5 Å². The van der Waals surface area contributed by atoms with Crippen molar-refractivity contribution >= 4 is 0 Å². The molecule has 0 radical (unpaired) electrons. The van der Waals surface area contributed by atoms with Crippen molar-refractivity contribution in [2.45, 2.75) is 45.1 Å². The number of nitrogens with two attached hydrogens (primary N) is 1. The third kappa shape index (κ3) is 1.87. The van der Waals surface area contributed by atoms with Crippen LogP contribution in [0.25, 0.3) is 0 Å². The summed E-state index contributed by atoms with van der Waals surface area (Å²) in [5, 5.41) is 0. The highest BCUT2D eigenvalue weighted by atomic mass is 16.5. The molecular formula is C15H21NO2. The Kier molecular flexibility index (Phi) is 2.74. The average Bonchev–Trinajstić information content (AvgIpc) is 2.34. The number of fused-ring (bicyclic) bond motifs is 2. The lowest BCUT2D eigenvalue weighted by molar-refractivity contribution is 0.263. The Hall–Kier alpha value is -1.22. The molecule has 1 aromatic carbocycles. The van der Waals surface area contributed by atoms with Gasteiger partial charge in [0.25, 0.3) is 0 Å². The van der Waals surface area contributed by atoms with Gasteiger partial charge in [-0.1, -0.05) is 0 Å².